The maximum Gasteiger partial charge on any atom is 0.309 e. The second-order valence-electron chi connectivity index (χ2n) is 5.02. The number of benzene rings is 1. The van der Waals surface area contributed by atoms with Crippen LogP contribution in [0.5, 0.6) is 0 Å². The van der Waals surface area contributed by atoms with Crippen molar-refractivity contribution in [3.63, 3.8) is 0 Å². The second-order valence-corrected chi connectivity index (χ2v) is 5.02. The molecular formula is C14H18N2O3. The first-order chi connectivity index (χ1) is 8.99. The molecule has 1 N–H and O–H groups in total. The maximum absolute atomic E-state index is 12.2. The van der Waals surface area contributed by atoms with Crippen LogP contribution in [0.25, 0.3) is 0 Å². The molecule has 1 saturated heterocycles. The minimum Gasteiger partial charge on any atom is -0.481 e. The summed E-state index contributed by atoms with van der Waals surface area (Å²) in [6, 6.07) is 7.55. The molecule has 1 amide bonds. The summed E-state index contributed by atoms with van der Waals surface area (Å²) in [6.45, 7) is 2.79. The minimum absolute atomic E-state index is 0.0550. The number of aliphatic carboxylic acids is 1. The third-order valence-electron chi connectivity index (χ3n) is 3.40. The van der Waals surface area contributed by atoms with Gasteiger partial charge in [-0.05, 0) is 25.6 Å². The summed E-state index contributed by atoms with van der Waals surface area (Å²) in [7, 11) is 1.77. The minimum atomic E-state index is -0.861. The predicted molar refractivity (Wildman–Crippen MR) is 72.2 cm³/mol. The summed E-state index contributed by atoms with van der Waals surface area (Å²) >= 11 is 0. The average Bonchev–Trinajstić information content (AvgIpc) is 2.48. The van der Waals surface area contributed by atoms with E-state index in [0.29, 0.717) is 6.54 Å². The van der Waals surface area contributed by atoms with Gasteiger partial charge < -0.3 is 10.0 Å². The van der Waals surface area contributed by atoms with Crippen molar-refractivity contribution in [1.82, 2.24) is 4.90 Å². The fraction of sp³-hybridized carbons (Fsp3) is 0.429. The van der Waals surface area contributed by atoms with Crippen molar-refractivity contribution in [3.8, 4) is 0 Å². The van der Waals surface area contributed by atoms with Gasteiger partial charge in [-0.1, -0.05) is 18.2 Å². The van der Waals surface area contributed by atoms with Gasteiger partial charge in [-0.25, -0.2) is 0 Å². The molecule has 2 rings (SSSR count). The number of carboxylic acid groups (broad SMARTS) is 1. The highest BCUT2D eigenvalue weighted by Crippen LogP contribution is 2.23. The fourth-order valence-corrected chi connectivity index (χ4v) is 2.39. The molecule has 1 aromatic carbocycles. The third-order valence-corrected chi connectivity index (χ3v) is 3.40. The maximum atomic E-state index is 12.2. The van der Waals surface area contributed by atoms with Gasteiger partial charge in [0.05, 0.1) is 12.5 Å². The Bertz CT molecular complexity index is 501. The largest absolute Gasteiger partial charge is 0.481 e. The van der Waals surface area contributed by atoms with Crippen LogP contribution in [-0.2, 0) is 9.59 Å². The van der Waals surface area contributed by atoms with E-state index in [2.05, 4.69) is 0 Å². The van der Waals surface area contributed by atoms with E-state index in [4.69, 9.17) is 0 Å². The van der Waals surface area contributed by atoms with Crippen LogP contribution in [0.1, 0.15) is 5.56 Å². The molecule has 0 radical (unpaired) electrons. The summed E-state index contributed by atoms with van der Waals surface area (Å²) in [5.41, 5.74) is 1.78. The van der Waals surface area contributed by atoms with Gasteiger partial charge in [0.15, 0.2) is 0 Å². The van der Waals surface area contributed by atoms with Gasteiger partial charge in [0.2, 0.25) is 5.91 Å². The van der Waals surface area contributed by atoms with Crippen molar-refractivity contribution >= 4 is 17.6 Å². The highest BCUT2D eigenvalue weighted by Gasteiger charge is 2.31. The lowest BCUT2D eigenvalue weighted by atomic mass is 10.1. The van der Waals surface area contributed by atoms with Gasteiger partial charge in [-0.15, -0.1) is 0 Å². The Morgan fingerprint density at radius 2 is 2.00 bits per heavy atom. The first kappa shape index (κ1) is 13.5. The van der Waals surface area contributed by atoms with E-state index in [-0.39, 0.29) is 19.0 Å². The molecule has 1 aliphatic heterocycles. The Kier molecular flexibility index (Phi) is 3.85. The number of hydrogen-bond donors (Lipinski definition) is 1. The zero-order chi connectivity index (χ0) is 14.0. The van der Waals surface area contributed by atoms with E-state index in [1.807, 2.05) is 31.2 Å². The Balaban J connectivity index is 2.34. The summed E-state index contributed by atoms with van der Waals surface area (Å²) in [5, 5.41) is 9.24. The third kappa shape index (κ3) is 2.93. The first-order valence-corrected chi connectivity index (χ1v) is 6.26. The molecule has 0 saturated carbocycles. The van der Waals surface area contributed by atoms with Gasteiger partial charge in [0, 0.05) is 18.8 Å². The highest BCUT2D eigenvalue weighted by atomic mass is 16.4. The number of para-hydroxylation sites is 1. The van der Waals surface area contributed by atoms with E-state index in [1.165, 1.54) is 0 Å². The monoisotopic (exact) mass is 262 g/mol. The number of carbonyl (C=O) groups excluding carboxylic acids is 1. The number of amides is 1. The zero-order valence-electron chi connectivity index (χ0n) is 11.2. The van der Waals surface area contributed by atoms with Gasteiger partial charge in [-0.2, -0.15) is 0 Å². The molecule has 1 atom stereocenters. The standard InChI is InChI=1S/C14H18N2O3/c1-10-5-3-4-6-12(10)16-8-11(14(18)19)7-15(2)9-13(16)17/h3-6,11H,7-9H2,1-2H3,(H,18,19). The molecule has 5 nitrogen and oxygen atoms in total. The molecule has 19 heavy (non-hydrogen) atoms. The zero-order valence-corrected chi connectivity index (χ0v) is 11.2. The molecule has 0 bridgehead atoms. The van der Waals surface area contributed by atoms with Crippen LogP contribution in [0.4, 0.5) is 5.69 Å². The topological polar surface area (TPSA) is 60.9 Å². The van der Waals surface area contributed by atoms with E-state index >= 15 is 0 Å². The molecule has 1 heterocycles. The van der Waals surface area contributed by atoms with Crippen molar-refractivity contribution < 1.29 is 14.7 Å². The smallest absolute Gasteiger partial charge is 0.309 e. The average molecular weight is 262 g/mol. The van der Waals surface area contributed by atoms with E-state index in [1.54, 1.807) is 16.8 Å². The van der Waals surface area contributed by atoms with E-state index in [0.717, 1.165) is 11.3 Å². The molecular weight excluding hydrogens is 244 g/mol. The number of nitrogens with zero attached hydrogens (tertiary/aromatic N) is 2. The number of aryl methyl sites for hydroxylation is 1. The van der Waals surface area contributed by atoms with Crippen LogP contribution in [0, 0.1) is 12.8 Å². The predicted octanol–water partition coefficient (Wildman–Crippen LogP) is 0.974. The first-order valence-electron chi connectivity index (χ1n) is 6.26. The molecule has 1 aromatic rings. The quantitative estimate of drug-likeness (QED) is 0.863. The van der Waals surface area contributed by atoms with Gasteiger partial charge in [0.25, 0.3) is 0 Å². The Hall–Kier alpha value is -1.88. The van der Waals surface area contributed by atoms with Crippen molar-refractivity contribution in [2.24, 2.45) is 5.92 Å². The van der Waals surface area contributed by atoms with Gasteiger partial charge in [-0.3, -0.25) is 14.5 Å². The number of carboxylic acids is 1. The number of anilines is 1. The van der Waals surface area contributed by atoms with Crippen LogP contribution in [0.15, 0.2) is 24.3 Å². The van der Waals surface area contributed by atoms with Crippen molar-refractivity contribution in [2.75, 3.05) is 31.6 Å². The van der Waals surface area contributed by atoms with E-state index in [9.17, 15) is 14.7 Å². The summed E-state index contributed by atoms with van der Waals surface area (Å²) in [6.07, 6.45) is 0. The number of carbonyl (C=O) groups is 2. The summed E-state index contributed by atoms with van der Waals surface area (Å²) in [5.74, 6) is -1.48. The lowest BCUT2D eigenvalue weighted by Gasteiger charge is -2.24. The van der Waals surface area contributed by atoms with Gasteiger partial charge >= 0.3 is 5.97 Å². The van der Waals surface area contributed by atoms with Crippen LogP contribution in [-0.4, -0.2) is 48.6 Å². The lowest BCUT2D eigenvalue weighted by molar-refractivity contribution is -0.141. The molecule has 5 heteroatoms. The number of likely N-dealkylation sites (N-methyl/N-ethyl adjacent to an activating group) is 1. The summed E-state index contributed by atoms with van der Waals surface area (Å²) in [4.78, 5) is 26.9. The summed E-state index contributed by atoms with van der Waals surface area (Å²) < 4.78 is 0. The normalized spacial score (nSPS) is 21.3. The Morgan fingerprint density at radius 3 is 2.63 bits per heavy atom. The molecule has 1 fully saturated rings. The highest BCUT2D eigenvalue weighted by molar-refractivity contribution is 5.96. The van der Waals surface area contributed by atoms with Crippen molar-refractivity contribution in [2.45, 2.75) is 6.92 Å². The fourth-order valence-electron chi connectivity index (χ4n) is 2.39. The second kappa shape index (κ2) is 5.40. The van der Waals surface area contributed by atoms with Gasteiger partial charge in [0.1, 0.15) is 0 Å². The number of rotatable bonds is 2. The van der Waals surface area contributed by atoms with Crippen molar-refractivity contribution in [1.29, 1.82) is 0 Å². The SMILES string of the molecule is Cc1ccccc1N1CC(C(=O)O)CN(C)CC1=O. The molecule has 0 aromatic heterocycles. The Morgan fingerprint density at radius 1 is 1.32 bits per heavy atom. The van der Waals surface area contributed by atoms with Crippen molar-refractivity contribution in [3.05, 3.63) is 29.8 Å². The van der Waals surface area contributed by atoms with Crippen LogP contribution in [0.3, 0.4) is 0 Å². The Labute approximate surface area is 112 Å². The molecule has 0 spiro atoms. The lowest BCUT2D eigenvalue weighted by Crippen LogP contribution is -2.37. The molecule has 0 aliphatic carbocycles. The molecule has 102 valence electrons. The number of hydrogen-bond acceptors (Lipinski definition) is 3. The molecule has 1 unspecified atom stereocenters. The van der Waals surface area contributed by atoms with Crippen LogP contribution in [0.2, 0.25) is 0 Å². The van der Waals surface area contributed by atoms with Crippen LogP contribution >= 0.6 is 0 Å². The molecule has 1 aliphatic rings. The van der Waals surface area contributed by atoms with Crippen LogP contribution < -0.4 is 4.90 Å². The van der Waals surface area contributed by atoms with E-state index < -0.39 is 11.9 Å².